The van der Waals surface area contributed by atoms with E-state index in [1.165, 1.54) is 27.9 Å². The zero-order valence-corrected chi connectivity index (χ0v) is 12.9. The molecule has 0 fully saturated rings. The summed E-state index contributed by atoms with van der Waals surface area (Å²) in [5.41, 5.74) is 8.15. The highest BCUT2D eigenvalue weighted by Crippen LogP contribution is 2.29. The molecule has 1 N–H and O–H groups in total. The molecule has 0 amide bonds. The number of hydrogen-bond acceptors (Lipinski definition) is 1. The molecule has 0 radical (unpaired) electrons. The molecule has 1 aliphatic carbocycles. The van der Waals surface area contributed by atoms with Crippen molar-refractivity contribution in [1.29, 1.82) is 0 Å². The Hall–Kier alpha value is -1.76. The molecular formula is C19H25N. The first-order chi connectivity index (χ1) is 9.60. The molecule has 2 rings (SSSR count). The van der Waals surface area contributed by atoms with Crippen LogP contribution in [-0.2, 0) is 0 Å². The second-order valence-corrected chi connectivity index (χ2v) is 5.65. The fraction of sp³-hybridized carbons (Fsp3) is 0.368. The average molecular weight is 267 g/mol. The first kappa shape index (κ1) is 14.6. The molecule has 1 nitrogen and oxygen atoms in total. The molecule has 0 bridgehead atoms. The van der Waals surface area contributed by atoms with Crippen LogP contribution in [0, 0.1) is 0 Å². The van der Waals surface area contributed by atoms with Crippen LogP contribution in [0.3, 0.4) is 0 Å². The minimum atomic E-state index is 0.922. The predicted octanol–water partition coefficient (Wildman–Crippen LogP) is 4.98. The zero-order valence-electron chi connectivity index (χ0n) is 12.9. The van der Waals surface area contributed by atoms with Gasteiger partial charge in [-0.3, -0.25) is 0 Å². The van der Waals surface area contributed by atoms with E-state index in [-0.39, 0.29) is 0 Å². The number of hydrogen-bond donors (Lipinski definition) is 1. The molecule has 1 heterocycles. The molecule has 1 heteroatoms. The normalized spacial score (nSPS) is 20.9. The SMILES string of the molecule is C=C(C)C1=CC(CCC2=CNC/C=C(/C)C=C2CC)=C1. The van der Waals surface area contributed by atoms with Crippen molar-refractivity contribution >= 4 is 0 Å². The summed E-state index contributed by atoms with van der Waals surface area (Å²) >= 11 is 0. The third-order valence-electron chi connectivity index (χ3n) is 3.87. The van der Waals surface area contributed by atoms with Gasteiger partial charge in [-0.25, -0.2) is 0 Å². The summed E-state index contributed by atoms with van der Waals surface area (Å²) in [4.78, 5) is 0. The lowest BCUT2D eigenvalue weighted by atomic mass is 9.88. The van der Waals surface area contributed by atoms with E-state index in [1.807, 2.05) is 0 Å². The molecule has 0 atom stereocenters. The highest BCUT2D eigenvalue weighted by molar-refractivity contribution is 5.53. The Morgan fingerprint density at radius 1 is 1.20 bits per heavy atom. The summed E-state index contributed by atoms with van der Waals surface area (Å²) in [7, 11) is 0. The van der Waals surface area contributed by atoms with Crippen molar-refractivity contribution in [3.8, 4) is 0 Å². The van der Waals surface area contributed by atoms with Gasteiger partial charge in [-0.1, -0.05) is 49.0 Å². The van der Waals surface area contributed by atoms with E-state index in [1.54, 1.807) is 0 Å². The van der Waals surface area contributed by atoms with Gasteiger partial charge in [-0.15, -0.1) is 0 Å². The Kier molecular flexibility index (Phi) is 4.84. The quantitative estimate of drug-likeness (QED) is 0.741. The fourth-order valence-corrected chi connectivity index (χ4v) is 2.54. The molecule has 0 unspecified atom stereocenters. The molecule has 0 aromatic carbocycles. The summed E-state index contributed by atoms with van der Waals surface area (Å²) in [6.07, 6.45) is 14.6. The maximum atomic E-state index is 3.97. The number of rotatable bonds is 5. The first-order valence-corrected chi connectivity index (χ1v) is 7.48. The van der Waals surface area contributed by atoms with Crippen LogP contribution >= 0.6 is 0 Å². The van der Waals surface area contributed by atoms with Crippen LogP contribution in [-0.4, -0.2) is 6.54 Å². The van der Waals surface area contributed by atoms with Gasteiger partial charge in [0.2, 0.25) is 0 Å². The lowest BCUT2D eigenvalue weighted by molar-refractivity contribution is 0.873. The van der Waals surface area contributed by atoms with Gasteiger partial charge in [0.15, 0.2) is 0 Å². The van der Waals surface area contributed by atoms with Gasteiger partial charge >= 0.3 is 0 Å². The van der Waals surface area contributed by atoms with Gasteiger partial charge < -0.3 is 5.32 Å². The summed E-state index contributed by atoms with van der Waals surface area (Å²) in [5.74, 6) is 0. The van der Waals surface area contributed by atoms with E-state index in [4.69, 9.17) is 0 Å². The number of nitrogens with one attached hydrogen (secondary N) is 1. The molecule has 0 saturated heterocycles. The van der Waals surface area contributed by atoms with E-state index in [0.29, 0.717) is 0 Å². The largest absolute Gasteiger partial charge is 0.387 e. The van der Waals surface area contributed by atoms with Gasteiger partial charge in [-0.2, -0.15) is 0 Å². The van der Waals surface area contributed by atoms with Crippen LogP contribution in [0.5, 0.6) is 0 Å². The molecule has 20 heavy (non-hydrogen) atoms. The Morgan fingerprint density at radius 2 is 1.95 bits per heavy atom. The standard InChI is InChI=1S/C19H25N/c1-5-17-10-15(4)8-9-20-13-18(17)7-6-16-11-19(12-16)14(2)3/h8,10-13,20H,2,5-7,9H2,1,3-4H3/b15-8-,17-10?,18-13?. The second kappa shape index (κ2) is 6.60. The van der Waals surface area contributed by atoms with Crippen molar-refractivity contribution in [2.75, 3.05) is 6.54 Å². The topological polar surface area (TPSA) is 12.0 Å². The lowest BCUT2D eigenvalue weighted by Gasteiger charge is -2.18. The Morgan fingerprint density at radius 3 is 2.60 bits per heavy atom. The molecule has 106 valence electrons. The van der Waals surface area contributed by atoms with Gasteiger partial charge in [0.25, 0.3) is 0 Å². The maximum absolute atomic E-state index is 3.97. The third-order valence-corrected chi connectivity index (χ3v) is 3.87. The van der Waals surface area contributed by atoms with Gasteiger partial charge in [-0.05, 0) is 55.4 Å². The molecule has 1 aliphatic heterocycles. The van der Waals surface area contributed by atoms with Crippen LogP contribution in [0.25, 0.3) is 0 Å². The minimum Gasteiger partial charge on any atom is -0.387 e. The van der Waals surface area contributed by atoms with E-state index in [2.05, 4.69) is 63.2 Å². The smallest absolute Gasteiger partial charge is 0.0330 e. The highest BCUT2D eigenvalue weighted by Gasteiger charge is 2.11. The van der Waals surface area contributed by atoms with Crippen LogP contribution in [0.1, 0.15) is 40.0 Å². The van der Waals surface area contributed by atoms with Crippen LogP contribution in [0.2, 0.25) is 0 Å². The third kappa shape index (κ3) is 3.63. The molecule has 0 aromatic heterocycles. The molecular weight excluding hydrogens is 242 g/mol. The monoisotopic (exact) mass is 267 g/mol. The van der Waals surface area contributed by atoms with Crippen LogP contribution < -0.4 is 5.32 Å². The summed E-state index contributed by atoms with van der Waals surface area (Å²) < 4.78 is 0. The maximum Gasteiger partial charge on any atom is 0.0330 e. The van der Waals surface area contributed by atoms with Crippen molar-refractivity contribution in [3.63, 3.8) is 0 Å². The van der Waals surface area contributed by atoms with Crippen molar-refractivity contribution in [1.82, 2.24) is 5.32 Å². The Labute approximate surface area is 123 Å². The number of allylic oxidation sites excluding steroid dienone is 9. The van der Waals surface area contributed by atoms with E-state index in [9.17, 15) is 0 Å². The van der Waals surface area contributed by atoms with Crippen LogP contribution in [0.15, 0.2) is 70.5 Å². The Balaban J connectivity index is 1.98. The van der Waals surface area contributed by atoms with Gasteiger partial charge in [0, 0.05) is 12.7 Å². The van der Waals surface area contributed by atoms with Gasteiger partial charge in [0.05, 0.1) is 0 Å². The molecule has 0 aromatic rings. The van der Waals surface area contributed by atoms with Crippen molar-refractivity contribution in [2.45, 2.75) is 40.0 Å². The molecule has 2 aliphatic rings. The van der Waals surface area contributed by atoms with E-state index in [0.717, 1.165) is 31.4 Å². The summed E-state index contributed by atoms with van der Waals surface area (Å²) in [5, 5.41) is 3.39. The first-order valence-electron chi connectivity index (χ1n) is 7.48. The minimum absolute atomic E-state index is 0.922. The molecule has 0 spiro atoms. The van der Waals surface area contributed by atoms with Crippen molar-refractivity contribution in [3.05, 3.63) is 70.5 Å². The van der Waals surface area contributed by atoms with Crippen molar-refractivity contribution in [2.24, 2.45) is 0 Å². The average Bonchev–Trinajstić information content (AvgIpc) is 2.34. The van der Waals surface area contributed by atoms with Gasteiger partial charge in [0.1, 0.15) is 0 Å². The van der Waals surface area contributed by atoms with E-state index >= 15 is 0 Å². The fourth-order valence-electron chi connectivity index (χ4n) is 2.54. The predicted molar refractivity (Wildman–Crippen MR) is 88.4 cm³/mol. The van der Waals surface area contributed by atoms with Crippen LogP contribution in [0.4, 0.5) is 0 Å². The Bertz CT molecular complexity index is 550. The molecule has 0 saturated carbocycles. The lowest BCUT2D eigenvalue weighted by Crippen LogP contribution is -2.09. The van der Waals surface area contributed by atoms with Crippen molar-refractivity contribution < 1.29 is 0 Å². The summed E-state index contributed by atoms with van der Waals surface area (Å²) in [6, 6.07) is 0. The second-order valence-electron chi connectivity index (χ2n) is 5.65. The van der Waals surface area contributed by atoms with E-state index < -0.39 is 0 Å². The summed E-state index contributed by atoms with van der Waals surface area (Å²) in [6.45, 7) is 11.4. The zero-order chi connectivity index (χ0) is 14.5. The highest BCUT2D eigenvalue weighted by atomic mass is 14.8.